The molecule has 2 unspecified atom stereocenters. The molecule has 1 nitrogen and oxygen atoms in total. The third-order valence-corrected chi connectivity index (χ3v) is 2.75. The van der Waals surface area contributed by atoms with Crippen molar-refractivity contribution in [1.82, 2.24) is 0 Å². The average Bonchev–Trinajstić information content (AvgIpc) is 2.05. The first kappa shape index (κ1) is 9.50. The van der Waals surface area contributed by atoms with Gasteiger partial charge in [-0.25, -0.2) is 0 Å². The van der Waals surface area contributed by atoms with E-state index in [9.17, 15) is 4.79 Å². The summed E-state index contributed by atoms with van der Waals surface area (Å²) < 4.78 is 0. The zero-order valence-electron chi connectivity index (χ0n) is 8.05. The van der Waals surface area contributed by atoms with Crippen molar-refractivity contribution in [3.8, 4) is 0 Å². The lowest BCUT2D eigenvalue weighted by molar-refractivity contribution is -0.120. The molecule has 12 heavy (non-hydrogen) atoms. The van der Waals surface area contributed by atoms with Gasteiger partial charge in [-0.15, -0.1) is 0 Å². The largest absolute Gasteiger partial charge is 0.295 e. The van der Waals surface area contributed by atoms with Gasteiger partial charge in [-0.05, 0) is 31.3 Å². The van der Waals surface area contributed by atoms with Crippen molar-refractivity contribution in [2.75, 3.05) is 0 Å². The normalized spacial score (nSPS) is 29.3. The van der Waals surface area contributed by atoms with Crippen LogP contribution >= 0.6 is 0 Å². The van der Waals surface area contributed by atoms with Gasteiger partial charge in [-0.1, -0.05) is 26.3 Å². The molecule has 0 radical (unpaired) electrons. The molecule has 0 aromatic carbocycles. The van der Waals surface area contributed by atoms with E-state index in [1.54, 1.807) is 6.08 Å². The molecule has 68 valence electrons. The van der Waals surface area contributed by atoms with Gasteiger partial charge in [-0.2, -0.15) is 0 Å². The number of carbonyl (C=O) groups is 1. The van der Waals surface area contributed by atoms with Crippen LogP contribution in [0.3, 0.4) is 0 Å². The maximum atomic E-state index is 11.4. The lowest BCUT2D eigenvalue weighted by Crippen LogP contribution is -2.24. The Labute approximate surface area is 74.9 Å². The van der Waals surface area contributed by atoms with Gasteiger partial charge in [0.25, 0.3) is 0 Å². The summed E-state index contributed by atoms with van der Waals surface area (Å²) in [6.07, 6.45) is 8.32. The highest BCUT2D eigenvalue weighted by molar-refractivity contribution is 5.92. The number of rotatable bonds is 3. The first-order valence-electron chi connectivity index (χ1n) is 5.00. The van der Waals surface area contributed by atoms with Crippen LogP contribution in [-0.2, 0) is 4.79 Å². The molecule has 1 heteroatoms. The van der Waals surface area contributed by atoms with E-state index < -0.39 is 0 Å². The minimum Gasteiger partial charge on any atom is -0.295 e. The minimum atomic E-state index is 0.315. The Balaban J connectivity index is 2.61. The van der Waals surface area contributed by atoms with Crippen LogP contribution in [0.4, 0.5) is 0 Å². The predicted octanol–water partition coefficient (Wildman–Crippen LogP) is 2.96. The molecule has 1 aliphatic carbocycles. The number of carbonyl (C=O) groups excluding carboxylic acids is 1. The van der Waals surface area contributed by atoms with Crippen LogP contribution in [0.25, 0.3) is 0 Å². The van der Waals surface area contributed by atoms with Gasteiger partial charge in [0.2, 0.25) is 0 Å². The van der Waals surface area contributed by atoms with Crippen molar-refractivity contribution in [2.45, 2.75) is 39.5 Å². The average molecular weight is 166 g/mol. The molecule has 0 N–H and O–H groups in total. The van der Waals surface area contributed by atoms with Crippen molar-refractivity contribution in [3.63, 3.8) is 0 Å². The summed E-state index contributed by atoms with van der Waals surface area (Å²) in [6.45, 7) is 4.31. The highest BCUT2D eigenvalue weighted by Crippen LogP contribution is 2.29. The van der Waals surface area contributed by atoms with Gasteiger partial charge in [0, 0.05) is 5.92 Å². The fraction of sp³-hybridized carbons (Fsp3) is 0.727. The summed E-state index contributed by atoms with van der Waals surface area (Å²) in [4.78, 5) is 11.4. The Bertz CT molecular complexity index is 181. The van der Waals surface area contributed by atoms with Crippen molar-refractivity contribution < 1.29 is 4.79 Å². The third-order valence-electron chi connectivity index (χ3n) is 2.75. The van der Waals surface area contributed by atoms with Crippen LogP contribution in [0.15, 0.2) is 12.2 Å². The Kier molecular flexibility index (Phi) is 3.51. The predicted molar refractivity (Wildman–Crippen MR) is 50.9 cm³/mol. The van der Waals surface area contributed by atoms with Gasteiger partial charge >= 0.3 is 0 Å². The van der Waals surface area contributed by atoms with Crippen LogP contribution in [0.5, 0.6) is 0 Å². The van der Waals surface area contributed by atoms with Gasteiger partial charge < -0.3 is 0 Å². The molecule has 0 spiro atoms. The SMILES string of the molecule is CCCC1CC=CC(=O)C1CC. The van der Waals surface area contributed by atoms with Crippen LogP contribution in [0.1, 0.15) is 39.5 Å². The summed E-state index contributed by atoms with van der Waals surface area (Å²) in [6, 6.07) is 0. The fourth-order valence-corrected chi connectivity index (χ4v) is 2.10. The summed E-state index contributed by atoms with van der Waals surface area (Å²) in [5, 5.41) is 0. The molecule has 2 atom stereocenters. The maximum absolute atomic E-state index is 11.4. The lowest BCUT2D eigenvalue weighted by atomic mass is 9.78. The van der Waals surface area contributed by atoms with Gasteiger partial charge in [0.15, 0.2) is 5.78 Å². The summed E-state index contributed by atoms with van der Waals surface area (Å²) in [7, 11) is 0. The minimum absolute atomic E-state index is 0.315. The molecule has 0 fully saturated rings. The second-order valence-electron chi connectivity index (χ2n) is 3.60. The van der Waals surface area contributed by atoms with E-state index in [1.807, 2.05) is 6.08 Å². The highest BCUT2D eigenvalue weighted by Gasteiger charge is 2.26. The number of hydrogen-bond acceptors (Lipinski definition) is 1. The molecule has 0 amide bonds. The van der Waals surface area contributed by atoms with Gasteiger partial charge in [0.05, 0.1) is 0 Å². The molecular weight excluding hydrogens is 148 g/mol. The zero-order valence-corrected chi connectivity index (χ0v) is 8.05. The van der Waals surface area contributed by atoms with Crippen LogP contribution < -0.4 is 0 Å². The molecule has 1 rings (SSSR count). The summed E-state index contributed by atoms with van der Waals surface area (Å²) >= 11 is 0. The standard InChI is InChI=1S/C11H18O/c1-3-6-9-7-5-8-11(12)10(9)4-2/h5,8-10H,3-4,6-7H2,1-2H3. The number of hydrogen-bond donors (Lipinski definition) is 0. The van der Waals surface area contributed by atoms with E-state index in [0.717, 1.165) is 12.8 Å². The molecule has 1 aliphatic rings. The van der Waals surface area contributed by atoms with E-state index in [2.05, 4.69) is 13.8 Å². The molecule has 0 saturated heterocycles. The van der Waals surface area contributed by atoms with E-state index >= 15 is 0 Å². The number of allylic oxidation sites excluding steroid dienone is 2. The van der Waals surface area contributed by atoms with Gasteiger partial charge in [-0.3, -0.25) is 4.79 Å². The van der Waals surface area contributed by atoms with E-state index in [1.165, 1.54) is 12.8 Å². The Hall–Kier alpha value is -0.590. The van der Waals surface area contributed by atoms with E-state index in [-0.39, 0.29) is 0 Å². The Morgan fingerprint density at radius 1 is 1.50 bits per heavy atom. The second kappa shape index (κ2) is 4.44. The first-order valence-corrected chi connectivity index (χ1v) is 5.00. The molecule has 0 aromatic rings. The van der Waals surface area contributed by atoms with Crippen molar-refractivity contribution in [1.29, 1.82) is 0 Å². The zero-order chi connectivity index (χ0) is 8.97. The molecule has 0 heterocycles. The molecular formula is C11H18O. The third kappa shape index (κ3) is 1.96. The van der Waals surface area contributed by atoms with E-state index in [4.69, 9.17) is 0 Å². The smallest absolute Gasteiger partial charge is 0.158 e. The van der Waals surface area contributed by atoms with Crippen molar-refractivity contribution in [2.24, 2.45) is 11.8 Å². The Morgan fingerprint density at radius 2 is 2.25 bits per heavy atom. The molecule has 0 aliphatic heterocycles. The lowest BCUT2D eigenvalue weighted by Gasteiger charge is -2.25. The van der Waals surface area contributed by atoms with Crippen LogP contribution in [0, 0.1) is 11.8 Å². The second-order valence-corrected chi connectivity index (χ2v) is 3.60. The molecule has 0 saturated carbocycles. The Morgan fingerprint density at radius 3 is 2.83 bits per heavy atom. The maximum Gasteiger partial charge on any atom is 0.158 e. The van der Waals surface area contributed by atoms with Crippen molar-refractivity contribution >= 4 is 5.78 Å². The monoisotopic (exact) mass is 166 g/mol. The first-order chi connectivity index (χ1) is 5.79. The summed E-state index contributed by atoms with van der Waals surface area (Å²) in [5.41, 5.74) is 0. The van der Waals surface area contributed by atoms with Gasteiger partial charge in [0.1, 0.15) is 0 Å². The van der Waals surface area contributed by atoms with Crippen LogP contribution in [-0.4, -0.2) is 5.78 Å². The topological polar surface area (TPSA) is 17.1 Å². The van der Waals surface area contributed by atoms with Crippen molar-refractivity contribution in [3.05, 3.63) is 12.2 Å². The van der Waals surface area contributed by atoms with E-state index in [0.29, 0.717) is 17.6 Å². The molecule has 0 bridgehead atoms. The fourth-order valence-electron chi connectivity index (χ4n) is 2.10. The van der Waals surface area contributed by atoms with Crippen LogP contribution in [0.2, 0.25) is 0 Å². The quantitative estimate of drug-likeness (QED) is 0.630. The summed E-state index contributed by atoms with van der Waals surface area (Å²) in [5.74, 6) is 1.29. The molecule has 0 aromatic heterocycles. The highest BCUT2D eigenvalue weighted by atomic mass is 16.1. The number of ketones is 1.